The van der Waals surface area contributed by atoms with Gasteiger partial charge in [0.15, 0.2) is 0 Å². The first-order valence-corrected chi connectivity index (χ1v) is 19.3. The molecule has 278 valence electrons. The molecule has 0 radical (unpaired) electrons. The van der Waals surface area contributed by atoms with Crippen molar-refractivity contribution >= 4 is 35.0 Å². The second-order valence-electron chi connectivity index (χ2n) is 15.2. The van der Waals surface area contributed by atoms with Crippen LogP contribution < -0.4 is 10.6 Å². The van der Waals surface area contributed by atoms with Gasteiger partial charge in [-0.2, -0.15) is 0 Å². The first kappa shape index (κ1) is 35.7. The fourth-order valence-corrected chi connectivity index (χ4v) is 8.89. The summed E-state index contributed by atoms with van der Waals surface area (Å²) in [6.07, 6.45) is 4.68. The van der Waals surface area contributed by atoms with Crippen molar-refractivity contribution in [3.8, 4) is 11.1 Å². The molecule has 8 rings (SSSR count). The van der Waals surface area contributed by atoms with Gasteiger partial charge in [0.2, 0.25) is 23.6 Å². The summed E-state index contributed by atoms with van der Waals surface area (Å²) in [7, 11) is 3.97. The van der Waals surface area contributed by atoms with Gasteiger partial charge in [0.25, 0.3) is 0 Å². The SMILES string of the molecule is CN1CCc2ccccc2[C@@H]1C(=O)N1CCC[C@H]1C(=O)Nc1ccc(-c2ccc(NC(=O)[C@@H]3CCCN3C(=O)[C@H]3c4ccccc4CCN3C)cc2)cc1. The van der Waals surface area contributed by atoms with Gasteiger partial charge >= 0.3 is 0 Å². The van der Waals surface area contributed by atoms with Crippen LogP contribution in [0.4, 0.5) is 11.4 Å². The van der Waals surface area contributed by atoms with Crippen LogP contribution in [-0.2, 0) is 32.0 Å². The molecule has 0 unspecified atom stereocenters. The zero-order valence-electron chi connectivity index (χ0n) is 31.0. The molecule has 2 N–H and O–H groups in total. The van der Waals surface area contributed by atoms with Crippen molar-refractivity contribution in [2.45, 2.75) is 62.7 Å². The van der Waals surface area contributed by atoms with E-state index in [4.69, 9.17) is 0 Å². The summed E-state index contributed by atoms with van der Waals surface area (Å²) in [6, 6.07) is 29.8. The van der Waals surface area contributed by atoms with Gasteiger partial charge in [-0.05, 0) is 110 Å². The van der Waals surface area contributed by atoms with E-state index in [9.17, 15) is 19.2 Å². The number of carbonyl (C=O) groups is 4. The molecule has 0 aromatic heterocycles. The van der Waals surface area contributed by atoms with Crippen LogP contribution in [0.5, 0.6) is 0 Å². The van der Waals surface area contributed by atoms with Gasteiger partial charge in [0.05, 0.1) is 0 Å². The van der Waals surface area contributed by atoms with Crippen molar-refractivity contribution in [2.75, 3.05) is 50.9 Å². The average Bonchev–Trinajstić information content (AvgIpc) is 3.90. The van der Waals surface area contributed by atoms with Crippen LogP contribution in [0.25, 0.3) is 11.1 Å². The predicted molar refractivity (Wildman–Crippen MR) is 210 cm³/mol. The van der Waals surface area contributed by atoms with Crippen molar-refractivity contribution < 1.29 is 19.2 Å². The molecule has 4 aliphatic heterocycles. The van der Waals surface area contributed by atoms with Gasteiger partial charge < -0.3 is 20.4 Å². The van der Waals surface area contributed by atoms with Crippen molar-refractivity contribution in [1.82, 2.24) is 19.6 Å². The monoisotopic (exact) mass is 724 g/mol. The van der Waals surface area contributed by atoms with Crippen LogP contribution in [-0.4, -0.2) is 95.6 Å². The highest BCUT2D eigenvalue weighted by Gasteiger charge is 2.42. The number of benzene rings is 4. The molecule has 0 bridgehead atoms. The second kappa shape index (κ2) is 15.2. The second-order valence-corrected chi connectivity index (χ2v) is 15.2. The summed E-state index contributed by atoms with van der Waals surface area (Å²) >= 11 is 0. The molecule has 0 aliphatic carbocycles. The Morgan fingerprint density at radius 3 is 1.31 bits per heavy atom. The van der Waals surface area contributed by atoms with E-state index >= 15 is 0 Å². The minimum Gasteiger partial charge on any atom is -0.329 e. The number of anilines is 2. The van der Waals surface area contributed by atoms with Gasteiger partial charge in [-0.25, -0.2) is 0 Å². The predicted octanol–water partition coefficient (Wildman–Crippen LogP) is 5.67. The molecule has 4 heterocycles. The lowest BCUT2D eigenvalue weighted by molar-refractivity contribution is -0.141. The minimum absolute atomic E-state index is 0.00946. The maximum Gasteiger partial charge on any atom is 0.247 e. The Balaban J connectivity index is 0.880. The zero-order valence-corrected chi connectivity index (χ0v) is 31.0. The van der Waals surface area contributed by atoms with Crippen LogP contribution in [0.3, 0.4) is 0 Å². The molecule has 2 fully saturated rings. The van der Waals surface area contributed by atoms with Crippen LogP contribution in [0.2, 0.25) is 0 Å². The lowest BCUT2D eigenvalue weighted by Gasteiger charge is -2.37. The van der Waals surface area contributed by atoms with Gasteiger partial charge in [0.1, 0.15) is 24.2 Å². The maximum atomic E-state index is 13.9. The van der Waals surface area contributed by atoms with Crippen molar-refractivity contribution in [3.63, 3.8) is 0 Å². The number of likely N-dealkylation sites (tertiary alicyclic amines) is 2. The highest BCUT2D eigenvalue weighted by atomic mass is 16.2. The number of fused-ring (bicyclic) bond motifs is 2. The number of nitrogens with one attached hydrogen (secondary N) is 2. The molecule has 4 atom stereocenters. The Morgan fingerprint density at radius 2 is 0.907 bits per heavy atom. The lowest BCUT2D eigenvalue weighted by atomic mass is 9.92. The Bertz CT molecular complexity index is 1900. The maximum absolute atomic E-state index is 13.9. The third-order valence-corrected chi connectivity index (χ3v) is 11.8. The number of hydrogen-bond acceptors (Lipinski definition) is 6. The van der Waals surface area contributed by atoms with E-state index in [0.29, 0.717) is 37.3 Å². The summed E-state index contributed by atoms with van der Waals surface area (Å²) in [5.74, 6) is -0.355. The molecular formula is C44H48N6O4. The van der Waals surface area contributed by atoms with Gasteiger partial charge in [0, 0.05) is 37.6 Å². The molecule has 0 saturated carbocycles. The molecule has 2 saturated heterocycles. The van der Waals surface area contributed by atoms with Crippen molar-refractivity contribution in [1.29, 1.82) is 0 Å². The molecule has 10 nitrogen and oxygen atoms in total. The third-order valence-electron chi connectivity index (χ3n) is 11.8. The van der Waals surface area contributed by atoms with Crippen molar-refractivity contribution in [3.05, 3.63) is 119 Å². The van der Waals surface area contributed by atoms with E-state index in [1.54, 1.807) is 9.80 Å². The Morgan fingerprint density at radius 1 is 0.519 bits per heavy atom. The van der Waals surface area contributed by atoms with Crippen LogP contribution in [0, 0.1) is 0 Å². The van der Waals surface area contributed by atoms with E-state index < -0.39 is 12.1 Å². The number of carbonyl (C=O) groups excluding carboxylic acids is 4. The highest BCUT2D eigenvalue weighted by Crippen LogP contribution is 2.35. The summed E-state index contributed by atoms with van der Waals surface area (Å²) in [5, 5.41) is 6.11. The number of amides is 4. The standard InChI is InChI=1S/C44H48N6O4/c1-47-27-23-31-9-3-5-11-35(31)39(47)43(53)49-25-7-13-37(49)41(51)45-33-19-15-29(16-20-33)30-17-21-34(22-18-30)46-42(52)38-14-8-26-50(38)44(54)40-36-12-6-4-10-32(36)24-28-48(40)2/h3-6,9-12,15-22,37-40H,7-8,13-14,23-28H2,1-2H3,(H,45,51)(H,46,52)/t37-,38-,39+,40+/m0/s1. The van der Waals surface area contributed by atoms with E-state index in [-0.39, 0.29) is 35.7 Å². The van der Waals surface area contributed by atoms with E-state index in [1.807, 2.05) is 99.0 Å². The fourth-order valence-electron chi connectivity index (χ4n) is 8.89. The molecule has 4 aromatic carbocycles. The topological polar surface area (TPSA) is 105 Å². The van der Waals surface area contributed by atoms with Gasteiger partial charge in [-0.1, -0.05) is 72.8 Å². The number of rotatable bonds is 7. The van der Waals surface area contributed by atoms with Crippen LogP contribution in [0.15, 0.2) is 97.1 Å². The average molecular weight is 725 g/mol. The van der Waals surface area contributed by atoms with E-state index in [2.05, 4.69) is 32.6 Å². The summed E-state index contributed by atoms with van der Waals surface area (Å²) in [5.41, 5.74) is 7.75. The molecule has 4 amide bonds. The Kier molecular flexibility index (Phi) is 10.0. The minimum atomic E-state index is -0.512. The lowest BCUT2D eigenvalue weighted by Crippen LogP contribution is -2.49. The normalized spacial score (nSPS) is 22.7. The van der Waals surface area contributed by atoms with E-state index in [0.717, 1.165) is 61.0 Å². The summed E-state index contributed by atoms with van der Waals surface area (Å²) in [4.78, 5) is 62.6. The first-order chi connectivity index (χ1) is 26.3. The van der Waals surface area contributed by atoms with E-state index in [1.165, 1.54) is 11.1 Å². The molecule has 54 heavy (non-hydrogen) atoms. The van der Waals surface area contributed by atoms with Gasteiger partial charge in [-0.15, -0.1) is 0 Å². The molecule has 0 spiro atoms. The molecule has 10 heteroatoms. The van der Waals surface area contributed by atoms with Crippen LogP contribution in [0.1, 0.15) is 60.0 Å². The molecule has 4 aromatic rings. The number of nitrogens with zero attached hydrogens (tertiary/aromatic N) is 4. The smallest absolute Gasteiger partial charge is 0.247 e. The highest BCUT2D eigenvalue weighted by molar-refractivity contribution is 6.00. The zero-order chi connectivity index (χ0) is 37.3. The van der Waals surface area contributed by atoms with Crippen molar-refractivity contribution in [2.24, 2.45) is 0 Å². The first-order valence-electron chi connectivity index (χ1n) is 19.3. The fraction of sp³-hybridized carbons (Fsp3) is 0.364. The summed E-state index contributed by atoms with van der Waals surface area (Å²) in [6.45, 7) is 2.75. The molecular weight excluding hydrogens is 677 g/mol. The quantitative estimate of drug-likeness (QED) is 0.255. The largest absolute Gasteiger partial charge is 0.329 e. The number of hydrogen-bond donors (Lipinski definition) is 2. The summed E-state index contributed by atoms with van der Waals surface area (Å²) < 4.78 is 0. The Labute approximate surface area is 317 Å². The number of likely N-dealkylation sites (N-methyl/N-ethyl adjacent to an activating group) is 2. The third kappa shape index (κ3) is 6.92. The Hall–Kier alpha value is -5.32. The van der Waals surface area contributed by atoms with Crippen LogP contribution >= 0.6 is 0 Å². The van der Waals surface area contributed by atoms with Gasteiger partial charge in [-0.3, -0.25) is 29.0 Å². The molecule has 4 aliphatic rings.